The maximum atomic E-state index is 4.26. The van der Waals surface area contributed by atoms with E-state index in [4.69, 9.17) is 0 Å². The first kappa shape index (κ1) is 10.8. The Kier molecular flexibility index (Phi) is 3.97. The van der Waals surface area contributed by atoms with E-state index in [2.05, 4.69) is 48.0 Å². The van der Waals surface area contributed by atoms with E-state index in [1.54, 1.807) is 0 Å². The Bertz CT molecular complexity index is 255. The van der Waals surface area contributed by atoms with E-state index in [0.717, 1.165) is 13.0 Å². The second kappa shape index (κ2) is 4.80. The van der Waals surface area contributed by atoms with Crippen molar-refractivity contribution in [3.8, 4) is 0 Å². The van der Waals surface area contributed by atoms with E-state index in [9.17, 15) is 0 Å². The Morgan fingerprint density at radius 3 is 2.69 bits per heavy atom. The topological polar surface area (TPSA) is 17.8 Å². The van der Waals surface area contributed by atoms with Crippen molar-refractivity contribution in [1.29, 1.82) is 0 Å². The van der Waals surface area contributed by atoms with E-state index < -0.39 is 0 Å². The third-order valence-electron chi connectivity index (χ3n) is 2.22. The summed E-state index contributed by atoms with van der Waals surface area (Å²) in [6.07, 6.45) is 5.28. The number of hydrogen-bond acceptors (Lipinski definition) is 1. The van der Waals surface area contributed by atoms with E-state index in [1.165, 1.54) is 5.56 Å². The quantitative estimate of drug-likeness (QED) is 0.745. The van der Waals surface area contributed by atoms with Crippen LogP contribution in [0, 0.1) is 0 Å². The monoisotopic (exact) mass is 244 g/mol. The van der Waals surface area contributed by atoms with Crippen molar-refractivity contribution in [3.63, 3.8) is 0 Å². The van der Waals surface area contributed by atoms with Crippen LogP contribution in [0.1, 0.15) is 38.7 Å². The van der Waals surface area contributed by atoms with E-state index >= 15 is 0 Å². The van der Waals surface area contributed by atoms with Crippen LogP contribution < -0.4 is 0 Å². The second-order valence-electron chi connectivity index (χ2n) is 3.55. The number of halogens is 1. The van der Waals surface area contributed by atoms with Gasteiger partial charge in [0, 0.05) is 17.6 Å². The number of aryl methyl sites for hydroxylation is 1. The Morgan fingerprint density at radius 2 is 2.23 bits per heavy atom. The fourth-order valence-electron chi connectivity index (χ4n) is 1.43. The van der Waals surface area contributed by atoms with Gasteiger partial charge in [0.05, 0.1) is 6.20 Å². The summed E-state index contributed by atoms with van der Waals surface area (Å²) < 4.78 is 1.98. The van der Waals surface area contributed by atoms with Crippen LogP contribution in [-0.2, 0) is 6.54 Å². The molecule has 0 aliphatic heterocycles. The lowest BCUT2D eigenvalue weighted by Crippen LogP contribution is -1.99. The molecule has 0 amide bonds. The average molecular weight is 245 g/mol. The minimum Gasteiger partial charge on any atom is -0.273 e. The molecule has 0 saturated carbocycles. The second-order valence-corrected chi connectivity index (χ2v) is 5.11. The Labute approximate surface area is 88.5 Å². The molecule has 0 aromatic carbocycles. The molecule has 0 saturated heterocycles. The molecule has 0 fully saturated rings. The van der Waals surface area contributed by atoms with Crippen molar-refractivity contribution in [1.82, 2.24) is 9.78 Å². The van der Waals surface area contributed by atoms with Crippen molar-refractivity contribution in [2.45, 2.75) is 44.5 Å². The molecular weight excluding hydrogens is 228 g/mol. The molecule has 1 aromatic heterocycles. The predicted molar refractivity (Wildman–Crippen MR) is 59.3 cm³/mol. The molecule has 0 N–H and O–H groups in total. The van der Waals surface area contributed by atoms with Gasteiger partial charge in [0.15, 0.2) is 0 Å². The average Bonchev–Trinajstić information content (AvgIpc) is 2.50. The standard InChI is InChI=1S/C10H17BrN2/c1-4-13-7-10(6-12-13)8(2)5-9(3)11/h6-9H,4-5H2,1-3H3. The fraction of sp³-hybridized carbons (Fsp3) is 0.700. The molecule has 0 aliphatic carbocycles. The third-order valence-corrected chi connectivity index (χ3v) is 2.60. The Hall–Kier alpha value is -0.310. The fourth-order valence-corrected chi connectivity index (χ4v) is 1.99. The molecule has 2 atom stereocenters. The molecule has 13 heavy (non-hydrogen) atoms. The maximum Gasteiger partial charge on any atom is 0.0524 e. The molecule has 2 unspecified atom stereocenters. The number of hydrogen-bond donors (Lipinski definition) is 0. The lowest BCUT2D eigenvalue weighted by Gasteiger charge is -2.10. The highest BCUT2D eigenvalue weighted by atomic mass is 79.9. The maximum absolute atomic E-state index is 4.26. The largest absolute Gasteiger partial charge is 0.273 e. The number of rotatable bonds is 4. The zero-order chi connectivity index (χ0) is 9.84. The molecule has 0 bridgehead atoms. The summed E-state index contributed by atoms with van der Waals surface area (Å²) in [6, 6.07) is 0. The van der Waals surface area contributed by atoms with Crippen molar-refractivity contribution < 1.29 is 0 Å². The van der Waals surface area contributed by atoms with Crippen LogP contribution in [0.4, 0.5) is 0 Å². The van der Waals surface area contributed by atoms with Gasteiger partial charge in [-0.3, -0.25) is 4.68 Å². The summed E-state index contributed by atoms with van der Waals surface area (Å²) in [5.41, 5.74) is 1.34. The van der Waals surface area contributed by atoms with Crippen LogP contribution in [-0.4, -0.2) is 14.6 Å². The molecule has 2 nitrogen and oxygen atoms in total. The van der Waals surface area contributed by atoms with Crippen LogP contribution in [0.15, 0.2) is 12.4 Å². The summed E-state index contributed by atoms with van der Waals surface area (Å²) in [5, 5.41) is 4.26. The summed E-state index contributed by atoms with van der Waals surface area (Å²) >= 11 is 3.57. The first-order chi connectivity index (χ1) is 6.13. The molecule has 1 aromatic rings. The number of alkyl halides is 1. The van der Waals surface area contributed by atoms with Gasteiger partial charge in [-0.25, -0.2) is 0 Å². The van der Waals surface area contributed by atoms with Gasteiger partial charge in [0.2, 0.25) is 0 Å². The lowest BCUT2D eigenvalue weighted by molar-refractivity contribution is 0.652. The molecule has 0 spiro atoms. The van der Waals surface area contributed by atoms with Crippen molar-refractivity contribution in [3.05, 3.63) is 18.0 Å². The van der Waals surface area contributed by atoms with Crippen molar-refractivity contribution in [2.24, 2.45) is 0 Å². The first-order valence-corrected chi connectivity index (χ1v) is 5.71. The van der Waals surface area contributed by atoms with Crippen LogP contribution in [0.2, 0.25) is 0 Å². The SMILES string of the molecule is CCn1cc(C(C)CC(C)Br)cn1. The molecule has 1 rings (SSSR count). The Morgan fingerprint density at radius 1 is 1.54 bits per heavy atom. The normalized spacial score (nSPS) is 15.7. The lowest BCUT2D eigenvalue weighted by atomic mass is 10.0. The van der Waals surface area contributed by atoms with Gasteiger partial charge in [-0.2, -0.15) is 5.10 Å². The van der Waals surface area contributed by atoms with Gasteiger partial charge in [-0.05, 0) is 24.8 Å². The van der Waals surface area contributed by atoms with E-state index in [0.29, 0.717) is 10.7 Å². The van der Waals surface area contributed by atoms with Gasteiger partial charge >= 0.3 is 0 Å². The van der Waals surface area contributed by atoms with Gasteiger partial charge in [0.1, 0.15) is 0 Å². The number of nitrogens with zero attached hydrogens (tertiary/aromatic N) is 2. The van der Waals surface area contributed by atoms with Gasteiger partial charge in [0.25, 0.3) is 0 Å². The summed E-state index contributed by atoms with van der Waals surface area (Å²) in [5.74, 6) is 0.592. The molecular formula is C10H17BrN2. The summed E-state index contributed by atoms with van der Waals surface area (Å²) in [4.78, 5) is 0.576. The van der Waals surface area contributed by atoms with Gasteiger partial charge in [-0.1, -0.05) is 29.8 Å². The van der Waals surface area contributed by atoms with Crippen LogP contribution in [0.25, 0.3) is 0 Å². The highest BCUT2D eigenvalue weighted by Gasteiger charge is 2.10. The van der Waals surface area contributed by atoms with Crippen LogP contribution in [0.3, 0.4) is 0 Å². The van der Waals surface area contributed by atoms with E-state index in [-0.39, 0.29) is 0 Å². The summed E-state index contributed by atoms with van der Waals surface area (Å²) in [7, 11) is 0. The predicted octanol–water partition coefficient (Wildman–Crippen LogP) is 3.18. The van der Waals surface area contributed by atoms with E-state index in [1.807, 2.05) is 10.9 Å². The van der Waals surface area contributed by atoms with Crippen LogP contribution >= 0.6 is 15.9 Å². The van der Waals surface area contributed by atoms with Gasteiger partial charge < -0.3 is 0 Å². The first-order valence-electron chi connectivity index (χ1n) is 4.80. The highest BCUT2D eigenvalue weighted by molar-refractivity contribution is 9.09. The Balaban J connectivity index is 2.60. The molecule has 1 heterocycles. The van der Waals surface area contributed by atoms with Crippen molar-refractivity contribution in [2.75, 3.05) is 0 Å². The molecule has 74 valence electrons. The minimum absolute atomic E-state index is 0.576. The van der Waals surface area contributed by atoms with Crippen LogP contribution in [0.5, 0.6) is 0 Å². The highest BCUT2D eigenvalue weighted by Crippen LogP contribution is 2.22. The smallest absolute Gasteiger partial charge is 0.0524 e. The molecule has 0 aliphatic rings. The molecule has 0 radical (unpaired) electrons. The van der Waals surface area contributed by atoms with Crippen molar-refractivity contribution >= 4 is 15.9 Å². The zero-order valence-electron chi connectivity index (χ0n) is 8.50. The zero-order valence-corrected chi connectivity index (χ0v) is 10.1. The third kappa shape index (κ3) is 3.14. The van der Waals surface area contributed by atoms with Gasteiger partial charge in [-0.15, -0.1) is 0 Å². The molecule has 3 heteroatoms. The minimum atomic E-state index is 0.576. The summed E-state index contributed by atoms with van der Waals surface area (Å²) in [6.45, 7) is 7.49. The number of aromatic nitrogens is 2.